The summed E-state index contributed by atoms with van der Waals surface area (Å²) in [6.45, 7) is 0. The highest BCUT2D eigenvalue weighted by atomic mass is 32.1. The summed E-state index contributed by atoms with van der Waals surface area (Å²) in [5.41, 5.74) is 16.9. The van der Waals surface area contributed by atoms with Crippen LogP contribution >= 0.6 is 22.7 Å². The van der Waals surface area contributed by atoms with Crippen molar-refractivity contribution in [3.63, 3.8) is 0 Å². The topological polar surface area (TPSA) is 77.3 Å². The molecule has 0 amide bonds. The number of aromatic nitrogens is 6. The molecular weight excluding hydrogens is 1330 g/mol. The second-order valence-electron chi connectivity index (χ2n) is 27.2. The van der Waals surface area contributed by atoms with Crippen LogP contribution in [0.5, 0.6) is 0 Å². The molecule has 0 fully saturated rings. The van der Waals surface area contributed by atoms with Crippen molar-refractivity contribution in [3.05, 3.63) is 352 Å². The van der Waals surface area contributed by atoms with Crippen LogP contribution in [0.1, 0.15) is 0 Å². The SMILES string of the molecule is c1cc(-c2ccc(-c3ccc4sc5c(-c6nc(-c7cccc(-c8ccc9ccccc9c8)c7)nc(-c7ccc(-c8ccc9ccccc9c8)c8ccccc78)n6)cccc5c4c3)cc2)cc(-c2nc(-c3ccc(-c4ccc5ccccc5c4)c4ccccc34)nc(-c3cccc4c3sc3ccccc34)n2)c1. The van der Waals surface area contributed by atoms with E-state index in [1.807, 2.05) is 0 Å². The Morgan fingerprint density at radius 1 is 0.151 bits per heavy atom. The van der Waals surface area contributed by atoms with Crippen molar-refractivity contribution in [2.24, 2.45) is 0 Å². The van der Waals surface area contributed by atoms with E-state index >= 15 is 0 Å². The van der Waals surface area contributed by atoms with Gasteiger partial charge in [0.2, 0.25) is 0 Å². The molecule has 4 aromatic heterocycles. The smallest absolute Gasteiger partial charge is 0.165 e. The van der Waals surface area contributed by atoms with E-state index in [0.717, 1.165) is 125 Å². The molecule has 0 saturated carbocycles. The number of benzene rings is 17. The Balaban J connectivity index is 0.641. The molecule has 0 aliphatic rings. The molecule has 0 aliphatic heterocycles. The molecule has 0 aliphatic carbocycles. The molecule has 0 N–H and O–H groups in total. The maximum Gasteiger partial charge on any atom is 0.165 e. The zero-order chi connectivity index (χ0) is 69.8. The Bertz CT molecular complexity index is 7170. The van der Waals surface area contributed by atoms with Crippen molar-refractivity contribution in [3.8, 4) is 124 Å². The highest BCUT2D eigenvalue weighted by Gasteiger charge is 2.23. The second kappa shape index (κ2) is 25.2. The quantitative estimate of drug-likeness (QED) is 0.128. The van der Waals surface area contributed by atoms with Crippen LogP contribution in [0.2, 0.25) is 0 Å². The third-order valence-corrected chi connectivity index (χ3v) is 23.4. The van der Waals surface area contributed by atoms with Crippen molar-refractivity contribution < 1.29 is 0 Å². The average Bonchev–Trinajstić information content (AvgIpc) is 1.43. The normalized spacial score (nSPS) is 11.8. The Hall–Kier alpha value is -13.5. The molecule has 0 bridgehead atoms. The van der Waals surface area contributed by atoms with Crippen molar-refractivity contribution in [2.45, 2.75) is 0 Å². The molecule has 0 saturated heterocycles. The summed E-state index contributed by atoms with van der Waals surface area (Å²) in [4.78, 5) is 32.6. The molecule has 0 spiro atoms. The molecule has 6 nitrogen and oxygen atoms in total. The molecule has 21 rings (SSSR count). The first-order valence-electron chi connectivity index (χ1n) is 35.7. The first-order chi connectivity index (χ1) is 52.5. The van der Waals surface area contributed by atoms with Gasteiger partial charge in [-0.1, -0.05) is 279 Å². The molecule has 0 atom stereocenters. The number of fused-ring (bicyclic) bond motifs is 11. The predicted octanol–water partition coefficient (Wildman–Crippen LogP) is 26.9. The van der Waals surface area contributed by atoms with Crippen LogP contribution in [0.3, 0.4) is 0 Å². The van der Waals surface area contributed by atoms with Gasteiger partial charge in [0.15, 0.2) is 34.9 Å². The summed E-state index contributed by atoms with van der Waals surface area (Å²) in [5.74, 6) is 3.70. The van der Waals surface area contributed by atoms with E-state index in [0.29, 0.717) is 34.9 Å². The van der Waals surface area contributed by atoms with E-state index in [-0.39, 0.29) is 0 Å². The van der Waals surface area contributed by atoms with Crippen LogP contribution in [-0.4, -0.2) is 29.9 Å². The van der Waals surface area contributed by atoms with Gasteiger partial charge in [0.05, 0.1) is 0 Å². The standard InChI is InChI=1S/C98H58N6S2/c1-4-20-64-53-69(44-41-59(64)17-1)68-24-14-26-74(57-68)94-100-96(85-51-49-76(78-28-8-10-30-80(78)85)72-46-43-61-19-3-6-22-66(61)55-72)104-98(102-94)87-35-16-33-83-88-58-70(47-52-90(88)106-92(83)87)63-39-37-62(38-40-63)67-23-13-25-73(56-67)93-99-95(103-97(101-93)86-34-15-32-82-81-31-11-12-36-89(81)105-91(82)86)84-50-48-75(77-27-7-9-29-79(77)84)71-45-42-60-18-2-5-21-65(60)54-71/h1-58H. The fourth-order valence-electron chi connectivity index (χ4n) is 15.7. The maximum atomic E-state index is 5.50. The molecule has 17 aromatic carbocycles. The predicted molar refractivity (Wildman–Crippen MR) is 446 cm³/mol. The van der Waals surface area contributed by atoms with Gasteiger partial charge in [-0.2, -0.15) is 0 Å². The molecular formula is C98H58N6S2. The minimum Gasteiger partial charge on any atom is -0.208 e. The Labute approximate surface area is 618 Å². The largest absolute Gasteiger partial charge is 0.208 e. The summed E-state index contributed by atoms with van der Waals surface area (Å²) in [5, 5.41) is 16.4. The second-order valence-corrected chi connectivity index (χ2v) is 29.3. The van der Waals surface area contributed by atoms with Gasteiger partial charge < -0.3 is 0 Å². The van der Waals surface area contributed by atoms with Crippen LogP contribution < -0.4 is 0 Å². The number of rotatable bonds is 11. The van der Waals surface area contributed by atoms with Crippen LogP contribution in [0.15, 0.2) is 352 Å². The molecule has 0 unspecified atom stereocenters. The van der Waals surface area contributed by atoms with Gasteiger partial charge in [-0.15, -0.1) is 22.7 Å². The summed E-state index contributed by atoms with van der Waals surface area (Å²) >= 11 is 3.56. The summed E-state index contributed by atoms with van der Waals surface area (Å²) in [7, 11) is 0. The van der Waals surface area contributed by atoms with Crippen LogP contribution in [0.25, 0.3) is 218 Å². The molecule has 21 aromatic rings. The van der Waals surface area contributed by atoms with E-state index in [9.17, 15) is 0 Å². The highest BCUT2D eigenvalue weighted by molar-refractivity contribution is 7.26. The zero-order valence-corrected chi connectivity index (χ0v) is 58.6. The monoisotopic (exact) mass is 1380 g/mol. The van der Waals surface area contributed by atoms with Gasteiger partial charge in [0, 0.05) is 73.7 Å². The van der Waals surface area contributed by atoms with Gasteiger partial charge in [-0.05, 0) is 182 Å². The first-order valence-corrected chi connectivity index (χ1v) is 37.3. The third-order valence-electron chi connectivity index (χ3n) is 21.0. The summed E-state index contributed by atoms with van der Waals surface area (Å²) in [6.07, 6.45) is 0. The minimum absolute atomic E-state index is 0.606. The summed E-state index contributed by atoms with van der Waals surface area (Å²) in [6, 6.07) is 126. The van der Waals surface area contributed by atoms with E-state index < -0.39 is 0 Å². The van der Waals surface area contributed by atoms with E-state index in [1.165, 1.54) is 57.9 Å². The van der Waals surface area contributed by atoms with Gasteiger partial charge in [-0.25, -0.2) is 29.9 Å². The summed E-state index contributed by atoms with van der Waals surface area (Å²) < 4.78 is 4.68. The van der Waals surface area contributed by atoms with Gasteiger partial charge >= 0.3 is 0 Å². The fraction of sp³-hybridized carbons (Fsp3) is 0. The number of hydrogen-bond donors (Lipinski definition) is 0. The van der Waals surface area contributed by atoms with Gasteiger partial charge in [0.25, 0.3) is 0 Å². The molecule has 8 heteroatoms. The zero-order valence-electron chi connectivity index (χ0n) is 57.0. The Kier molecular flexibility index (Phi) is 14.5. The van der Waals surface area contributed by atoms with Crippen molar-refractivity contribution in [1.29, 1.82) is 0 Å². The van der Waals surface area contributed by atoms with Gasteiger partial charge in [0.1, 0.15) is 0 Å². The van der Waals surface area contributed by atoms with Crippen molar-refractivity contribution in [1.82, 2.24) is 29.9 Å². The molecule has 106 heavy (non-hydrogen) atoms. The lowest BCUT2D eigenvalue weighted by atomic mass is 9.93. The number of hydrogen-bond acceptors (Lipinski definition) is 8. The lowest BCUT2D eigenvalue weighted by Gasteiger charge is -2.14. The lowest BCUT2D eigenvalue weighted by Crippen LogP contribution is -2.01. The fourth-order valence-corrected chi connectivity index (χ4v) is 18.1. The average molecular weight is 1380 g/mol. The van der Waals surface area contributed by atoms with E-state index in [2.05, 4.69) is 352 Å². The molecule has 4 heterocycles. The van der Waals surface area contributed by atoms with Crippen molar-refractivity contribution >= 4 is 117 Å². The maximum absolute atomic E-state index is 5.50. The van der Waals surface area contributed by atoms with Crippen LogP contribution in [-0.2, 0) is 0 Å². The third kappa shape index (κ3) is 10.7. The Morgan fingerprint density at radius 3 is 0.962 bits per heavy atom. The number of nitrogens with zero attached hydrogens (tertiary/aromatic N) is 6. The van der Waals surface area contributed by atoms with Gasteiger partial charge in [-0.3, -0.25) is 0 Å². The highest BCUT2D eigenvalue weighted by Crippen LogP contribution is 2.46. The molecule has 492 valence electrons. The van der Waals surface area contributed by atoms with E-state index in [4.69, 9.17) is 29.9 Å². The molecule has 0 radical (unpaired) electrons. The van der Waals surface area contributed by atoms with Crippen molar-refractivity contribution in [2.75, 3.05) is 0 Å². The van der Waals surface area contributed by atoms with E-state index in [1.54, 1.807) is 22.7 Å². The number of thiophene rings is 2. The first kappa shape index (κ1) is 61.2. The minimum atomic E-state index is 0.606. The van der Waals surface area contributed by atoms with Crippen LogP contribution in [0, 0.1) is 0 Å². The van der Waals surface area contributed by atoms with Crippen LogP contribution in [0.4, 0.5) is 0 Å². The lowest BCUT2D eigenvalue weighted by molar-refractivity contribution is 1.08. The Morgan fingerprint density at radius 2 is 0.462 bits per heavy atom.